The molecule has 0 aliphatic heterocycles. The van der Waals surface area contributed by atoms with E-state index < -0.39 is 23.5 Å². The summed E-state index contributed by atoms with van der Waals surface area (Å²) in [7, 11) is 0. The van der Waals surface area contributed by atoms with Crippen molar-refractivity contribution in [2.75, 3.05) is 6.61 Å². The van der Waals surface area contributed by atoms with Gasteiger partial charge in [-0.3, -0.25) is 0 Å². The quantitative estimate of drug-likeness (QED) is 0.720. The Labute approximate surface area is 73.0 Å². The molecule has 1 atom stereocenters. The number of nitrogens with zero attached hydrogens (tertiary/aromatic N) is 1. The van der Waals surface area contributed by atoms with Crippen molar-refractivity contribution in [2.24, 2.45) is 0 Å². The molecule has 0 amide bonds. The highest BCUT2D eigenvalue weighted by Gasteiger charge is 2.16. The molecule has 0 aliphatic carbocycles. The maximum atomic E-state index is 12.9. The van der Waals surface area contributed by atoms with E-state index in [9.17, 15) is 13.2 Å². The van der Waals surface area contributed by atoms with Crippen LogP contribution >= 0.6 is 0 Å². The van der Waals surface area contributed by atoms with E-state index >= 15 is 0 Å². The molecular weight excluding hydrogens is 183 g/mol. The molecule has 0 aliphatic rings. The molecule has 0 bridgehead atoms. The Kier molecular flexibility index (Phi) is 2.87. The molecule has 2 nitrogen and oxygen atoms in total. The number of pyridine rings is 1. The maximum absolute atomic E-state index is 12.9. The Morgan fingerprint density at radius 3 is 2.54 bits per heavy atom. The topological polar surface area (TPSA) is 33.1 Å². The van der Waals surface area contributed by atoms with E-state index in [1.54, 1.807) is 0 Å². The van der Waals surface area contributed by atoms with E-state index in [4.69, 9.17) is 5.11 Å². The van der Waals surface area contributed by atoms with Gasteiger partial charge < -0.3 is 5.11 Å². The van der Waals surface area contributed by atoms with Crippen molar-refractivity contribution in [3.63, 3.8) is 0 Å². The maximum Gasteiger partial charge on any atom is 0.249 e. The summed E-state index contributed by atoms with van der Waals surface area (Å²) in [6.07, 6.45) is 0. The van der Waals surface area contributed by atoms with Crippen molar-refractivity contribution in [3.05, 3.63) is 29.3 Å². The van der Waals surface area contributed by atoms with Crippen molar-refractivity contribution in [2.45, 2.75) is 12.8 Å². The second kappa shape index (κ2) is 3.74. The Morgan fingerprint density at radius 2 is 2.00 bits per heavy atom. The molecule has 0 radical (unpaired) electrons. The van der Waals surface area contributed by atoms with Gasteiger partial charge in [0.05, 0.1) is 12.3 Å². The van der Waals surface area contributed by atoms with Crippen molar-refractivity contribution < 1.29 is 18.3 Å². The molecule has 13 heavy (non-hydrogen) atoms. The molecule has 0 saturated heterocycles. The fraction of sp³-hybridized carbons (Fsp3) is 0.375. The van der Waals surface area contributed by atoms with Crippen LogP contribution < -0.4 is 0 Å². The summed E-state index contributed by atoms with van der Waals surface area (Å²) in [6.45, 7) is 1.09. The van der Waals surface area contributed by atoms with Gasteiger partial charge in [-0.05, 0) is 0 Å². The zero-order valence-corrected chi connectivity index (χ0v) is 6.89. The van der Waals surface area contributed by atoms with Gasteiger partial charge in [-0.15, -0.1) is 0 Å². The molecule has 0 spiro atoms. The Bertz CT molecular complexity index is 317. The zero-order valence-electron chi connectivity index (χ0n) is 6.89. The normalized spacial score (nSPS) is 13.0. The predicted octanol–water partition coefficient (Wildman–Crippen LogP) is 1.59. The Hall–Kier alpha value is -1.10. The molecule has 1 aromatic heterocycles. The lowest BCUT2D eigenvalue weighted by atomic mass is 10.1. The average Bonchev–Trinajstić information content (AvgIpc) is 2.10. The lowest BCUT2D eigenvalue weighted by molar-refractivity contribution is 0.266. The third-order valence-electron chi connectivity index (χ3n) is 1.65. The van der Waals surface area contributed by atoms with Gasteiger partial charge in [0.1, 0.15) is 5.82 Å². The molecule has 1 heterocycles. The molecular formula is C8H8F3NO. The molecule has 1 aromatic rings. The first kappa shape index (κ1) is 9.98. The number of hydrogen-bond donors (Lipinski definition) is 1. The predicted molar refractivity (Wildman–Crippen MR) is 39.6 cm³/mol. The van der Waals surface area contributed by atoms with E-state index in [1.165, 1.54) is 6.92 Å². The standard InChI is InChI=1S/C8H8F3NO/c1-4(3-13)7-5(9)2-6(10)8(11)12-7/h2,4,13H,3H2,1H3/t4-/m0/s1. The first-order valence-electron chi connectivity index (χ1n) is 3.68. The van der Waals surface area contributed by atoms with Crippen LogP contribution in [0.3, 0.4) is 0 Å². The van der Waals surface area contributed by atoms with Crippen LogP contribution in [0.5, 0.6) is 0 Å². The third kappa shape index (κ3) is 1.98. The molecule has 72 valence electrons. The molecule has 1 rings (SSSR count). The van der Waals surface area contributed by atoms with E-state index in [0.717, 1.165) is 0 Å². The highest BCUT2D eigenvalue weighted by molar-refractivity contribution is 5.13. The summed E-state index contributed by atoms with van der Waals surface area (Å²) in [5.74, 6) is -4.27. The van der Waals surface area contributed by atoms with Crippen LogP contribution in [0.4, 0.5) is 13.2 Å². The summed E-state index contributed by atoms with van der Waals surface area (Å²) in [5, 5.41) is 8.65. The summed E-state index contributed by atoms with van der Waals surface area (Å²) < 4.78 is 37.8. The highest BCUT2D eigenvalue weighted by Crippen LogP contribution is 2.17. The van der Waals surface area contributed by atoms with Crippen molar-refractivity contribution in [3.8, 4) is 0 Å². The number of aliphatic hydroxyl groups excluding tert-OH is 1. The van der Waals surface area contributed by atoms with Crippen molar-refractivity contribution in [1.82, 2.24) is 4.98 Å². The van der Waals surface area contributed by atoms with Gasteiger partial charge in [0.15, 0.2) is 5.82 Å². The van der Waals surface area contributed by atoms with Crippen LogP contribution in [0.2, 0.25) is 0 Å². The summed E-state index contributed by atoms with van der Waals surface area (Å²) in [5.41, 5.74) is -0.263. The van der Waals surface area contributed by atoms with Gasteiger partial charge in [0, 0.05) is 12.0 Å². The monoisotopic (exact) mass is 191 g/mol. The number of halogens is 3. The molecule has 1 N–H and O–H groups in total. The number of aromatic nitrogens is 1. The second-order valence-electron chi connectivity index (χ2n) is 2.71. The summed E-state index contributed by atoms with van der Waals surface area (Å²) in [6, 6.07) is 0.420. The zero-order chi connectivity index (χ0) is 10.0. The number of hydrogen-bond acceptors (Lipinski definition) is 2. The Balaban J connectivity index is 3.15. The summed E-state index contributed by atoms with van der Waals surface area (Å²) >= 11 is 0. The minimum absolute atomic E-state index is 0.263. The second-order valence-corrected chi connectivity index (χ2v) is 2.71. The molecule has 0 aromatic carbocycles. The minimum Gasteiger partial charge on any atom is -0.396 e. The van der Waals surface area contributed by atoms with Gasteiger partial charge in [0.2, 0.25) is 5.95 Å². The lowest BCUT2D eigenvalue weighted by Crippen LogP contribution is -2.07. The van der Waals surface area contributed by atoms with E-state index in [1.807, 2.05) is 0 Å². The SMILES string of the molecule is C[C@@H](CO)c1nc(F)c(F)cc1F. The van der Waals surface area contributed by atoms with Crippen LogP contribution in [-0.4, -0.2) is 16.7 Å². The third-order valence-corrected chi connectivity index (χ3v) is 1.65. The van der Waals surface area contributed by atoms with Crippen LogP contribution in [0, 0.1) is 17.6 Å². The van der Waals surface area contributed by atoms with Crippen molar-refractivity contribution in [1.29, 1.82) is 0 Å². The fourth-order valence-electron chi connectivity index (χ4n) is 0.889. The van der Waals surface area contributed by atoms with Crippen LogP contribution in [0.25, 0.3) is 0 Å². The van der Waals surface area contributed by atoms with Gasteiger partial charge in [-0.1, -0.05) is 6.92 Å². The van der Waals surface area contributed by atoms with Crippen LogP contribution in [0.15, 0.2) is 6.07 Å². The highest BCUT2D eigenvalue weighted by atomic mass is 19.2. The van der Waals surface area contributed by atoms with Gasteiger partial charge in [-0.25, -0.2) is 13.8 Å². The first-order valence-corrected chi connectivity index (χ1v) is 3.68. The molecule has 5 heteroatoms. The van der Waals surface area contributed by atoms with Crippen LogP contribution in [-0.2, 0) is 0 Å². The number of rotatable bonds is 2. The molecule has 0 unspecified atom stereocenters. The van der Waals surface area contributed by atoms with E-state index in [2.05, 4.69) is 4.98 Å². The summed E-state index contributed by atoms with van der Waals surface area (Å²) in [4.78, 5) is 3.07. The molecule has 0 fully saturated rings. The van der Waals surface area contributed by atoms with Gasteiger partial charge >= 0.3 is 0 Å². The van der Waals surface area contributed by atoms with E-state index in [0.29, 0.717) is 6.07 Å². The van der Waals surface area contributed by atoms with Crippen LogP contribution in [0.1, 0.15) is 18.5 Å². The van der Waals surface area contributed by atoms with Gasteiger partial charge in [-0.2, -0.15) is 4.39 Å². The molecule has 0 saturated carbocycles. The Morgan fingerprint density at radius 1 is 1.38 bits per heavy atom. The fourth-order valence-corrected chi connectivity index (χ4v) is 0.889. The smallest absolute Gasteiger partial charge is 0.249 e. The van der Waals surface area contributed by atoms with Gasteiger partial charge in [0.25, 0.3) is 0 Å². The lowest BCUT2D eigenvalue weighted by Gasteiger charge is -2.08. The largest absolute Gasteiger partial charge is 0.396 e. The average molecular weight is 191 g/mol. The number of aliphatic hydroxyl groups is 1. The van der Waals surface area contributed by atoms with E-state index in [-0.39, 0.29) is 12.3 Å². The minimum atomic E-state index is -1.35. The first-order chi connectivity index (χ1) is 6.06. The van der Waals surface area contributed by atoms with Crippen molar-refractivity contribution >= 4 is 0 Å².